The van der Waals surface area contributed by atoms with Crippen molar-refractivity contribution in [1.29, 1.82) is 0 Å². The average molecular weight is 310 g/mol. The summed E-state index contributed by atoms with van der Waals surface area (Å²) < 4.78 is 12.1. The molecule has 7 heteroatoms. The van der Waals surface area contributed by atoms with Crippen LogP contribution in [0.5, 0.6) is 5.75 Å². The van der Waals surface area contributed by atoms with Crippen molar-refractivity contribution in [2.45, 2.75) is 19.4 Å². The van der Waals surface area contributed by atoms with Crippen LogP contribution >= 0.6 is 0 Å². The summed E-state index contributed by atoms with van der Waals surface area (Å²) in [7, 11) is 0. The Morgan fingerprint density at radius 1 is 1.36 bits per heavy atom. The summed E-state index contributed by atoms with van der Waals surface area (Å²) in [6.45, 7) is 3.01. The molecule has 122 valence electrons. The molecule has 22 heavy (non-hydrogen) atoms. The third kappa shape index (κ3) is 4.57. The van der Waals surface area contributed by atoms with Gasteiger partial charge in [-0.15, -0.1) is 0 Å². The molecule has 1 amide bonds. The lowest BCUT2D eigenvalue weighted by molar-refractivity contribution is -0.135. The van der Waals surface area contributed by atoms with Crippen LogP contribution in [0, 0.1) is 0 Å². The van der Waals surface area contributed by atoms with Crippen molar-refractivity contribution in [3.8, 4) is 5.75 Å². The van der Waals surface area contributed by atoms with Gasteiger partial charge in [0.25, 0.3) is 5.56 Å². The molecule has 1 N–H and O–H groups in total. The lowest BCUT2D eigenvalue weighted by Gasteiger charge is -2.26. The summed E-state index contributed by atoms with van der Waals surface area (Å²) in [4.78, 5) is 25.8. The van der Waals surface area contributed by atoms with E-state index in [-0.39, 0.29) is 36.9 Å². The molecule has 0 atom stereocenters. The topological polar surface area (TPSA) is 81.0 Å². The molecule has 2 heterocycles. The van der Waals surface area contributed by atoms with E-state index < -0.39 is 0 Å². The van der Waals surface area contributed by atoms with Crippen molar-refractivity contribution in [1.82, 2.24) is 9.47 Å². The first kappa shape index (κ1) is 16.5. The SMILES string of the molecule is O=C(CCOc1cccn(CCCO)c1=O)N1CCOCC1. The van der Waals surface area contributed by atoms with Crippen molar-refractivity contribution in [2.24, 2.45) is 0 Å². The summed E-state index contributed by atoms with van der Waals surface area (Å²) >= 11 is 0. The van der Waals surface area contributed by atoms with E-state index in [0.29, 0.717) is 39.3 Å². The molecule has 1 aliphatic heterocycles. The molecule has 0 saturated carbocycles. The predicted molar refractivity (Wildman–Crippen MR) is 79.9 cm³/mol. The summed E-state index contributed by atoms with van der Waals surface area (Å²) in [5.74, 6) is 0.245. The van der Waals surface area contributed by atoms with Crippen LogP contribution in [0.15, 0.2) is 23.1 Å². The lowest BCUT2D eigenvalue weighted by atomic mass is 10.3. The van der Waals surface area contributed by atoms with Crippen LogP contribution in [0.25, 0.3) is 0 Å². The van der Waals surface area contributed by atoms with Gasteiger partial charge in [-0.2, -0.15) is 0 Å². The molecule has 0 bridgehead atoms. The van der Waals surface area contributed by atoms with Gasteiger partial charge in [0, 0.05) is 32.4 Å². The van der Waals surface area contributed by atoms with Crippen LogP contribution in [0.2, 0.25) is 0 Å². The Labute approximate surface area is 129 Å². The normalized spacial score (nSPS) is 14.9. The molecule has 0 unspecified atom stereocenters. The van der Waals surface area contributed by atoms with Gasteiger partial charge in [0.15, 0.2) is 5.75 Å². The Morgan fingerprint density at radius 3 is 2.86 bits per heavy atom. The van der Waals surface area contributed by atoms with Gasteiger partial charge in [0.2, 0.25) is 5.91 Å². The van der Waals surface area contributed by atoms with Crippen LogP contribution < -0.4 is 10.3 Å². The summed E-state index contributed by atoms with van der Waals surface area (Å²) in [6, 6.07) is 3.31. The van der Waals surface area contributed by atoms with E-state index in [9.17, 15) is 9.59 Å². The molecule has 1 fully saturated rings. The van der Waals surface area contributed by atoms with Crippen molar-refractivity contribution >= 4 is 5.91 Å². The van der Waals surface area contributed by atoms with Gasteiger partial charge >= 0.3 is 0 Å². The fourth-order valence-corrected chi connectivity index (χ4v) is 2.26. The van der Waals surface area contributed by atoms with E-state index in [1.54, 1.807) is 23.2 Å². The van der Waals surface area contributed by atoms with Crippen molar-refractivity contribution in [3.63, 3.8) is 0 Å². The molecule has 0 aromatic carbocycles. The van der Waals surface area contributed by atoms with Gasteiger partial charge in [-0.3, -0.25) is 9.59 Å². The smallest absolute Gasteiger partial charge is 0.292 e. The van der Waals surface area contributed by atoms with Crippen LogP contribution in [-0.4, -0.2) is 60.0 Å². The van der Waals surface area contributed by atoms with E-state index in [0.717, 1.165) is 0 Å². The molecule has 1 aliphatic rings. The van der Waals surface area contributed by atoms with Crippen molar-refractivity contribution < 1.29 is 19.4 Å². The highest BCUT2D eigenvalue weighted by Gasteiger charge is 2.16. The van der Waals surface area contributed by atoms with E-state index >= 15 is 0 Å². The maximum atomic E-state index is 12.1. The van der Waals surface area contributed by atoms with Gasteiger partial charge in [-0.1, -0.05) is 0 Å². The second-order valence-corrected chi connectivity index (χ2v) is 5.04. The fourth-order valence-electron chi connectivity index (χ4n) is 2.26. The Kier molecular flexibility index (Phi) is 6.42. The number of aromatic nitrogens is 1. The Morgan fingerprint density at radius 2 is 2.14 bits per heavy atom. The molecule has 0 radical (unpaired) electrons. The van der Waals surface area contributed by atoms with Gasteiger partial charge in [0.1, 0.15) is 0 Å². The zero-order valence-electron chi connectivity index (χ0n) is 12.6. The fraction of sp³-hybridized carbons (Fsp3) is 0.600. The standard InChI is InChI=1S/C15H22N2O5/c18-9-2-6-17-5-1-3-13(15(17)20)22-10-4-14(19)16-7-11-21-12-8-16/h1,3,5,18H,2,4,6-12H2. The highest BCUT2D eigenvalue weighted by atomic mass is 16.5. The van der Waals surface area contributed by atoms with Gasteiger partial charge in [-0.05, 0) is 18.6 Å². The molecule has 7 nitrogen and oxygen atoms in total. The first-order valence-corrected chi connectivity index (χ1v) is 7.51. The monoisotopic (exact) mass is 310 g/mol. The van der Waals surface area contributed by atoms with E-state index in [1.165, 1.54) is 4.57 Å². The lowest BCUT2D eigenvalue weighted by Crippen LogP contribution is -2.41. The molecule has 0 aliphatic carbocycles. The Balaban J connectivity index is 1.83. The molecular weight excluding hydrogens is 288 g/mol. The summed E-state index contributed by atoms with van der Waals surface area (Å²) in [5.41, 5.74) is -0.241. The third-order valence-corrected chi connectivity index (χ3v) is 3.48. The van der Waals surface area contributed by atoms with E-state index in [1.807, 2.05) is 0 Å². The number of rotatable bonds is 7. The summed E-state index contributed by atoms with van der Waals surface area (Å²) in [5, 5.41) is 8.82. The summed E-state index contributed by atoms with van der Waals surface area (Å²) in [6.07, 6.45) is 2.41. The number of nitrogens with zero attached hydrogens (tertiary/aromatic N) is 2. The maximum absolute atomic E-state index is 12.1. The number of aliphatic hydroxyl groups excluding tert-OH is 1. The van der Waals surface area contributed by atoms with E-state index in [2.05, 4.69) is 0 Å². The molecule has 0 spiro atoms. The second-order valence-electron chi connectivity index (χ2n) is 5.04. The van der Waals surface area contributed by atoms with Gasteiger partial charge in [0.05, 0.1) is 26.2 Å². The number of aliphatic hydroxyl groups is 1. The van der Waals surface area contributed by atoms with Crippen LogP contribution in [0.1, 0.15) is 12.8 Å². The van der Waals surface area contributed by atoms with Gasteiger partial charge < -0.3 is 24.0 Å². The second kappa shape index (κ2) is 8.55. The molecule has 1 aromatic rings. The van der Waals surface area contributed by atoms with Gasteiger partial charge in [-0.25, -0.2) is 0 Å². The molecular formula is C15H22N2O5. The number of pyridine rings is 1. The first-order chi connectivity index (χ1) is 10.7. The third-order valence-electron chi connectivity index (χ3n) is 3.48. The number of hydrogen-bond donors (Lipinski definition) is 1. The molecule has 1 saturated heterocycles. The van der Waals surface area contributed by atoms with Crippen molar-refractivity contribution in [2.75, 3.05) is 39.5 Å². The number of morpholine rings is 1. The van der Waals surface area contributed by atoms with Crippen LogP contribution in [0.3, 0.4) is 0 Å². The average Bonchev–Trinajstić information content (AvgIpc) is 2.56. The first-order valence-electron chi connectivity index (χ1n) is 7.51. The number of hydrogen-bond acceptors (Lipinski definition) is 5. The van der Waals surface area contributed by atoms with E-state index in [4.69, 9.17) is 14.6 Å². The minimum absolute atomic E-state index is 0.0137. The molecule has 1 aromatic heterocycles. The predicted octanol–water partition coefficient (Wildman–Crippen LogP) is -0.142. The highest BCUT2D eigenvalue weighted by Crippen LogP contribution is 2.05. The van der Waals surface area contributed by atoms with Crippen molar-refractivity contribution in [3.05, 3.63) is 28.7 Å². The number of carbonyl (C=O) groups is 1. The number of carbonyl (C=O) groups excluding carboxylic acids is 1. The van der Waals surface area contributed by atoms with Crippen LogP contribution in [-0.2, 0) is 16.1 Å². The minimum atomic E-state index is -0.241. The largest absolute Gasteiger partial charge is 0.487 e. The highest BCUT2D eigenvalue weighted by molar-refractivity contribution is 5.76. The zero-order valence-corrected chi connectivity index (χ0v) is 12.6. The zero-order chi connectivity index (χ0) is 15.8. The van der Waals surface area contributed by atoms with Crippen LogP contribution in [0.4, 0.5) is 0 Å². The number of aryl methyl sites for hydroxylation is 1. The minimum Gasteiger partial charge on any atom is -0.487 e. The molecule has 2 rings (SSSR count). The number of amides is 1. The Bertz CT molecular complexity index is 537. The quantitative estimate of drug-likeness (QED) is 0.758. The number of ether oxygens (including phenoxy) is 2. The maximum Gasteiger partial charge on any atom is 0.292 e. The Hall–Kier alpha value is -1.86.